The molecule has 2 amide bonds. The zero-order valence-electron chi connectivity index (χ0n) is 23.4. The highest BCUT2D eigenvalue weighted by Crippen LogP contribution is 2.40. The molecule has 210 valence electrons. The third-order valence-electron chi connectivity index (χ3n) is 5.25. The van der Waals surface area contributed by atoms with Crippen molar-refractivity contribution in [1.82, 2.24) is 0 Å². The molecule has 0 spiro atoms. The van der Waals surface area contributed by atoms with Gasteiger partial charge in [0.05, 0.1) is 22.9 Å². The molecule has 0 atom stereocenters. The molecule has 0 heterocycles. The van der Waals surface area contributed by atoms with E-state index >= 15 is 0 Å². The number of esters is 1. The first kappa shape index (κ1) is 29.8. The predicted molar refractivity (Wildman–Crippen MR) is 156 cm³/mol. The van der Waals surface area contributed by atoms with E-state index in [9.17, 15) is 14.4 Å². The number of nitrogens with one attached hydrogen (secondary N) is 2. The van der Waals surface area contributed by atoms with E-state index in [1.807, 2.05) is 13.8 Å². The SMILES string of the molecule is C=CCOc1c(C(=O)Nc2ccc(C(=O)OC(C)(C)C)cc2)ccc(NC(=O)c2ccc(N)cc2)c1OC(C)C. The van der Waals surface area contributed by atoms with Crippen LogP contribution in [-0.2, 0) is 4.74 Å². The predicted octanol–water partition coefficient (Wildman–Crippen LogP) is 6.08. The van der Waals surface area contributed by atoms with Crippen LogP contribution in [0.4, 0.5) is 17.1 Å². The molecule has 0 aliphatic rings. The molecule has 3 rings (SSSR count). The van der Waals surface area contributed by atoms with Gasteiger partial charge in [-0.15, -0.1) is 0 Å². The number of amides is 2. The first-order valence-corrected chi connectivity index (χ1v) is 12.8. The molecule has 0 saturated carbocycles. The first-order valence-electron chi connectivity index (χ1n) is 12.8. The van der Waals surface area contributed by atoms with Gasteiger partial charge in [0.25, 0.3) is 11.8 Å². The second kappa shape index (κ2) is 12.8. The molecular weight excluding hydrogens is 510 g/mol. The average molecular weight is 546 g/mol. The maximum atomic E-state index is 13.4. The summed E-state index contributed by atoms with van der Waals surface area (Å²) in [7, 11) is 0. The van der Waals surface area contributed by atoms with Crippen LogP contribution in [0, 0.1) is 0 Å². The molecule has 40 heavy (non-hydrogen) atoms. The van der Waals surface area contributed by atoms with E-state index in [1.54, 1.807) is 75.4 Å². The van der Waals surface area contributed by atoms with E-state index in [1.165, 1.54) is 12.1 Å². The van der Waals surface area contributed by atoms with E-state index in [2.05, 4.69) is 17.2 Å². The Balaban J connectivity index is 1.92. The quantitative estimate of drug-likeness (QED) is 0.160. The lowest BCUT2D eigenvalue weighted by Gasteiger charge is -2.21. The van der Waals surface area contributed by atoms with Crippen molar-refractivity contribution >= 4 is 34.8 Å². The molecule has 3 aromatic rings. The third-order valence-corrected chi connectivity index (χ3v) is 5.25. The van der Waals surface area contributed by atoms with Crippen LogP contribution in [-0.4, -0.2) is 36.1 Å². The van der Waals surface area contributed by atoms with Crippen LogP contribution in [0.2, 0.25) is 0 Å². The van der Waals surface area contributed by atoms with Crippen molar-refractivity contribution in [2.75, 3.05) is 23.0 Å². The van der Waals surface area contributed by atoms with Crippen LogP contribution in [0.25, 0.3) is 0 Å². The van der Waals surface area contributed by atoms with Gasteiger partial charge in [0, 0.05) is 16.9 Å². The summed E-state index contributed by atoms with van der Waals surface area (Å²) in [4.78, 5) is 38.6. The van der Waals surface area contributed by atoms with Crippen LogP contribution in [0.1, 0.15) is 65.7 Å². The maximum Gasteiger partial charge on any atom is 0.338 e. The van der Waals surface area contributed by atoms with Gasteiger partial charge in [0.1, 0.15) is 12.2 Å². The number of hydrogen-bond donors (Lipinski definition) is 3. The summed E-state index contributed by atoms with van der Waals surface area (Å²) >= 11 is 0. The molecule has 0 saturated heterocycles. The van der Waals surface area contributed by atoms with Crippen molar-refractivity contribution in [3.05, 3.63) is 90.0 Å². The minimum atomic E-state index is -0.623. The fourth-order valence-corrected chi connectivity index (χ4v) is 3.53. The van der Waals surface area contributed by atoms with E-state index < -0.39 is 17.5 Å². The Morgan fingerprint density at radius 3 is 2.08 bits per heavy atom. The lowest BCUT2D eigenvalue weighted by molar-refractivity contribution is 0.00693. The highest BCUT2D eigenvalue weighted by atomic mass is 16.6. The van der Waals surface area contributed by atoms with Crippen molar-refractivity contribution in [3.63, 3.8) is 0 Å². The molecule has 0 fully saturated rings. The molecule has 9 nitrogen and oxygen atoms in total. The highest BCUT2D eigenvalue weighted by Gasteiger charge is 2.24. The van der Waals surface area contributed by atoms with Gasteiger partial charge in [-0.1, -0.05) is 12.7 Å². The molecule has 0 bridgehead atoms. The van der Waals surface area contributed by atoms with Gasteiger partial charge in [-0.3, -0.25) is 9.59 Å². The van der Waals surface area contributed by atoms with Crippen LogP contribution in [0.3, 0.4) is 0 Å². The summed E-state index contributed by atoms with van der Waals surface area (Å²) in [5, 5.41) is 5.64. The van der Waals surface area contributed by atoms with E-state index in [4.69, 9.17) is 19.9 Å². The number of nitrogen functional groups attached to an aromatic ring is 1. The number of ether oxygens (including phenoxy) is 3. The topological polar surface area (TPSA) is 129 Å². The monoisotopic (exact) mass is 545 g/mol. The summed E-state index contributed by atoms with van der Waals surface area (Å²) in [6, 6.07) is 15.9. The van der Waals surface area contributed by atoms with Gasteiger partial charge in [0.15, 0.2) is 11.5 Å². The fraction of sp³-hybridized carbons (Fsp3) is 0.258. The van der Waals surface area contributed by atoms with Crippen LogP contribution in [0.15, 0.2) is 73.3 Å². The second-order valence-electron chi connectivity index (χ2n) is 10.2. The molecule has 4 N–H and O–H groups in total. The Labute approximate surface area is 234 Å². The van der Waals surface area contributed by atoms with Crippen LogP contribution < -0.4 is 25.8 Å². The standard InChI is InChI=1S/C31H35N3O6/c1-7-18-38-26-24(29(36)33-23-14-10-21(11-15-23)30(37)40-31(4,5)6)16-17-25(27(26)39-19(2)3)34-28(35)20-8-12-22(32)13-9-20/h7-17,19H,1,18,32H2,2-6H3,(H,33,36)(H,34,35). The number of carbonyl (C=O) groups excluding carboxylic acids is 3. The second-order valence-corrected chi connectivity index (χ2v) is 10.2. The zero-order chi connectivity index (χ0) is 29.4. The molecular formula is C31H35N3O6. The normalized spacial score (nSPS) is 10.9. The van der Waals surface area contributed by atoms with Gasteiger partial charge in [-0.25, -0.2) is 4.79 Å². The van der Waals surface area contributed by atoms with E-state index in [-0.39, 0.29) is 35.7 Å². The van der Waals surface area contributed by atoms with Gasteiger partial charge in [0.2, 0.25) is 0 Å². The molecule has 3 aromatic carbocycles. The smallest absolute Gasteiger partial charge is 0.338 e. The molecule has 9 heteroatoms. The maximum absolute atomic E-state index is 13.4. The Morgan fingerprint density at radius 2 is 1.50 bits per heavy atom. The van der Waals surface area contributed by atoms with E-state index in [0.717, 1.165) is 0 Å². The molecule has 0 aliphatic heterocycles. The van der Waals surface area contributed by atoms with Crippen molar-refractivity contribution in [1.29, 1.82) is 0 Å². The van der Waals surface area contributed by atoms with Gasteiger partial charge >= 0.3 is 5.97 Å². The summed E-state index contributed by atoms with van der Waals surface area (Å²) in [6.07, 6.45) is 1.24. The Morgan fingerprint density at radius 1 is 0.875 bits per heavy atom. The Kier molecular flexibility index (Phi) is 9.55. The number of benzene rings is 3. The Bertz CT molecular complexity index is 1370. The number of rotatable bonds is 10. The zero-order valence-corrected chi connectivity index (χ0v) is 23.4. The van der Waals surface area contributed by atoms with Gasteiger partial charge in [-0.2, -0.15) is 0 Å². The van der Waals surface area contributed by atoms with Crippen molar-refractivity contribution in [2.45, 2.75) is 46.3 Å². The molecule has 0 unspecified atom stereocenters. The highest BCUT2D eigenvalue weighted by molar-refractivity contribution is 6.09. The van der Waals surface area contributed by atoms with Gasteiger partial charge < -0.3 is 30.6 Å². The molecule has 0 aromatic heterocycles. The largest absolute Gasteiger partial charge is 0.485 e. The minimum Gasteiger partial charge on any atom is -0.485 e. The summed E-state index contributed by atoms with van der Waals surface area (Å²) in [5.74, 6) is -0.975. The third kappa shape index (κ3) is 8.10. The lowest BCUT2D eigenvalue weighted by atomic mass is 10.1. The van der Waals surface area contributed by atoms with Crippen LogP contribution in [0.5, 0.6) is 11.5 Å². The molecule has 0 radical (unpaired) electrons. The van der Waals surface area contributed by atoms with E-state index in [0.29, 0.717) is 28.2 Å². The van der Waals surface area contributed by atoms with Crippen LogP contribution >= 0.6 is 0 Å². The first-order chi connectivity index (χ1) is 18.9. The average Bonchev–Trinajstić information content (AvgIpc) is 2.88. The van der Waals surface area contributed by atoms with Crippen molar-refractivity contribution in [2.24, 2.45) is 0 Å². The summed E-state index contributed by atoms with van der Waals surface area (Å²) in [5.41, 5.74) is 7.37. The number of nitrogens with two attached hydrogens (primary N) is 1. The Hall–Kier alpha value is -4.79. The van der Waals surface area contributed by atoms with Crippen molar-refractivity contribution < 1.29 is 28.6 Å². The molecule has 0 aliphatic carbocycles. The number of carbonyl (C=O) groups is 3. The summed E-state index contributed by atoms with van der Waals surface area (Å²) in [6.45, 7) is 12.8. The fourth-order valence-electron chi connectivity index (χ4n) is 3.53. The lowest BCUT2D eigenvalue weighted by Crippen LogP contribution is -2.23. The number of anilines is 3. The minimum absolute atomic E-state index is 0.0919. The number of hydrogen-bond acceptors (Lipinski definition) is 7. The van der Waals surface area contributed by atoms with Crippen molar-refractivity contribution in [3.8, 4) is 11.5 Å². The summed E-state index contributed by atoms with van der Waals surface area (Å²) < 4.78 is 17.3. The van der Waals surface area contributed by atoms with Gasteiger partial charge in [-0.05, 0) is 95.3 Å².